The van der Waals surface area contributed by atoms with Gasteiger partial charge in [-0.25, -0.2) is 0 Å². The minimum absolute atomic E-state index is 0.551. The summed E-state index contributed by atoms with van der Waals surface area (Å²) in [7, 11) is 0. The maximum absolute atomic E-state index is 5.64. The van der Waals surface area contributed by atoms with Crippen LogP contribution >= 0.6 is 0 Å². The summed E-state index contributed by atoms with van der Waals surface area (Å²) < 4.78 is 5.64. The molecule has 4 nitrogen and oxygen atoms in total. The van der Waals surface area contributed by atoms with Gasteiger partial charge in [0.25, 0.3) is 0 Å². The Morgan fingerprint density at radius 1 is 1.24 bits per heavy atom. The molecule has 0 saturated heterocycles. The number of hydrogen-bond donors (Lipinski definition) is 1. The minimum atomic E-state index is 0.551. The average Bonchev–Trinajstić information content (AvgIpc) is 2.48. The van der Waals surface area contributed by atoms with Crippen molar-refractivity contribution in [3.63, 3.8) is 0 Å². The van der Waals surface area contributed by atoms with Crippen LogP contribution in [0.5, 0.6) is 5.75 Å². The van der Waals surface area contributed by atoms with Gasteiger partial charge in [0.15, 0.2) is 0 Å². The fourth-order valence-electron chi connectivity index (χ4n) is 1.80. The number of aryl methyl sites for hydroxylation is 1. The fraction of sp³-hybridized carbons (Fsp3) is 0.294. The van der Waals surface area contributed by atoms with Crippen molar-refractivity contribution < 1.29 is 4.74 Å². The van der Waals surface area contributed by atoms with Crippen LogP contribution in [-0.2, 0) is 13.1 Å². The van der Waals surface area contributed by atoms with Crippen molar-refractivity contribution >= 4 is 0 Å². The summed E-state index contributed by atoms with van der Waals surface area (Å²) in [5.41, 5.74) is 4.06. The smallest absolute Gasteiger partial charge is 0.120 e. The first-order valence-corrected chi connectivity index (χ1v) is 6.98. The standard InChI is InChI=1S/C17H21N3O/c1-13(2)12-21-17-6-4-5-15(7-17)9-18-10-16-11-19-14(3)8-20-16/h4-8,11,18H,1,9-10,12H2,2-3H3. The van der Waals surface area contributed by atoms with Gasteiger partial charge in [0.2, 0.25) is 0 Å². The Hall–Kier alpha value is -2.20. The number of nitrogens with one attached hydrogen (secondary N) is 1. The summed E-state index contributed by atoms with van der Waals surface area (Å²) in [5, 5.41) is 3.35. The van der Waals surface area contributed by atoms with Crippen molar-refractivity contribution in [2.75, 3.05) is 6.61 Å². The van der Waals surface area contributed by atoms with Crippen molar-refractivity contribution in [3.05, 3.63) is 65.8 Å². The Labute approximate surface area is 125 Å². The molecule has 0 atom stereocenters. The van der Waals surface area contributed by atoms with Crippen LogP contribution in [0.2, 0.25) is 0 Å². The molecule has 21 heavy (non-hydrogen) atoms. The Kier molecular flexibility index (Phi) is 5.46. The van der Waals surface area contributed by atoms with E-state index < -0.39 is 0 Å². The SMILES string of the molecule is C=C(C)COc1cccc(CNCc2cnc(C)cn2)c1. The van der Waals surface area contributed by atoms with Gasteiger partial charge in [-0.2, -0.15) is 0 Å². The van der Waals surface area contributed by atoms with Crippen molar-refractivity contribution in [2.45, 2.75) is 26.9 Å². The molecule has 0 fully saturated rings. The van der Waals surface area contributed by atoms with Crippen LogP contribution in [0.3, 0.4) is 0 Å². The number of ether oxygens (including phenoxy) is 1. The summed E-state index contributed by atoms with van der Waals surface area (Å²) in [6.45, 7) is 9.73. The zero-order valence-corrected chi connectivity index (χ0v) is 12.6. The summed E-state index contributed by atoms with van der Waals surface area (Å²) in [6, 6.07) is 8.06. The van der Waals surface area contributed by atoms with Crippen LogP contribution in [-0.4, -0.2) is 16.6 Å². The number of hydrogen-bond acceptors (Lipinski definition) is 4. The van der Waals surface area contributed by atoms with E-state index in [0.717, 1.165) is 29.3 Å². The van der Waals surface area contributed by atoms with Gasteiger partial charge in [-0.1, -0.05) is 18.7 Å². The second kappa shape index (κ2) is 7.55. The van der Waals surface area contributed by atoms with Gasteiger partial charge in [-0.05, 0) is 37.1 Å². The summed E-state index contributed by atoms with van der Waals surface area (Å²) in [4.78, 5) is 8.55. The molecule has 0 aliphatic heterocycles. The van der Waals surface area contributed by atoms with E-state index in [2.05, 4.69) is 27.9 Å². The number of aromatic nitrogens is 2. The van der Waals surface area contributed by atoms with Crippen LogP contribution in [0.1, 0.15) is 23.9 Å². The second-order valence-electron chi connectivity index (χ2n) is 5.15. The fourth-order valence-corrected chi connectivity index (χ4v) is 1.80. The van der Waals surface area contributed by atoms with Gasteiger partial charge in [0.1, 0.15) is 12.4 Å². The van der Waals surface area contributed by atoms with Crippen molar-refractivity contribution in [1.82, 2.24) is 15.3 Å². The molecule has 110 valence electrons. The molecular formula is C17H21N3O. The van der Waals surface area contributed by atoms with Crippen molar-refractivity contribution in [1.29, 1.82) is 0 Å². The highest BCUT2D eigenvalue weighted by molar-refractivity contribution is 5.28. The lowest BCUT2D eigenvalue weighted by Crippen LogP contribution is -2.14. The quantitative estimate of drug-likeness (QED) is 0.793. The van der Waals surface area contributed by atoms with E-state index in [-0.39, 0.29) is 0 Å². The van der Waals surface area contributed by atoms with Gasteiger partial charge in [0, 0.05) is 25.5 Å². The zero-order valence-electron chi connectivity index (χ0n) is 12.6. The van der Waals surface area contributed by atoms with Crippen LogP contribution in [0.4, 0.5) is 0 Å². The van der Waals surface area contributed by atoms with Crippen LogP contribution in [0.25, 0.3) is 0 Å². The lowest BCUT2D eigenvalue weighted by atomic mass is 10.2. The Bertz CT molecular complexity index is 593. The van der Waals surface area contributed by atoms with Gasteiger partial charge < -0.3 is 10.1 Å². The van der Waals surface area contributed by atoms with E-state index in [4.69, 9.17) is 4.74 Å². The number of rotatable bonds is 7. The molecule has 0 aliphatic carbocycles. The van der Waals surface area contributed by atoms with Crippen molar-refractivity contribution in [2.24, 2.45) is 0 Å². The lowest BCUT2D eigenvalue weighted by Gasteiger charge is -2.08. The molecule has 1 aromatic heterocycles. The van der Waals surface area contributed by atoms with E-state index >= 15 is 0 Å². The molecular weight excluding hydrogens is 262 g/mol. The van der Waals surface area contributed by atoms with Crippen LogP contribution in [0.15, 0.2) is 48.8 Å². The van der Waals surface area contributed by atoms with Crippen molar-refractivity contribution in [3.8, 4) is 5.75 Å². The molecule has 1 heterocycles. The molecule has 2 aromatic rings. The van der Waals surface area contributed by atoms with Gasteiger partial charge in [0.05, 0.1) is 11.4 Å². The predicted molar refractivity (Wildman–Crippen MR) is 84.1 cm³/mol. The van der Waals surface area contributed by atoms with E-state index in [1.807, 2.05) is 32.0 Å². The summed E-state index contributed by atoms with van der Waals surface area (Å²) in [6.07, 6.45) is 3.58. The number of benzene rings is 1. The molecule has 1 N–H and O–H groups in total. The second-order valence-corrected chi connectivity index (χ2v) is 5.15. The van der Waals surface area contributed by atoms with E-state index in [9.17, 15) is 0 Å². The molecule has 2 rings (SSSR count). The first kappa shape index (κ1) is 15.2. The maximum atomic E-state index is 5.64. The third-order valence-electron chi connectivity index (χ3n) is 2.85. The Morgan fingerprint density at radius 2 is 2.10 bits per heavy atom. The minimum Gasteiger partial charge on any atom is -0.489 e. The molecule has 0 amide bonds. The normalized spacial score (nSPS) is 10.4. The molecule has 0 aliphatic rings. The molecule has 0 radical (unpaired) electrons. The molecule has 0 bridgehead atoms. The van der Waals surface area contributed by atoms with Crippen LogP contribution in [0, 0.1) is 6.92 Å². The zero-order chi connectivity index (χ0) is 15.1. The first-order valence-electron chi connectivity index (χ1n) is 6.98. The Morgan fingerprint density at radius 3 is 2.81 bits per heavy atom. The van der Waals surface area contributed by atoms with Gasteiger partial charge in [-0.15, -0.1) is 0 Å². The monoisotopic (exact) mass is 283 g/mol. The lowest BCUT2D eigenvalue weighted by molar-refractivity contribution is 0.352. The summed E-state index contributed by atoms with van der Waals surface area (Å²) >= 11 is 0. The first-order chi connectivity index (χ1) is 10.1. The topological polar surface area (TPSA) is 47.0 Å². The molecule has 4 heteroatoms. The van der Waals surface area contributed by atoms with Gasteiger partial charge >= 0.3 is 0 Å². The Balaban J connectivity index is 1.83. The highest BCUT2D eigenvalue weighted by Gasteiger charge is 1.99. The highest BCUT2D eigenvalue weighted by Crippen LogP contribution is 2.14. The third kappa shape index (κ3) is 5.36. The largest absolute Gasteiger partial charge is 0.489 e. The summed E-state index contributed by atoms with van der Waals surface area (Å²) in [5.74, 6) is 0.868. The van der Waals surface area contributed by atoms with E-state index in [0.29, 0.717) is 13.2 Å². The van der Waals surface area contributed by atoms with E-state index in [1.165, 1.54) is 5.56 Å². The van der Waals surface area contributed by atoms with E-state index in [1.54, 1.807) is 12.4 Å². The number of nitrogens with zero attached hydrogens (tertiary/aromatic N) is 2. The molecule has 1 aromatic carbocycles. The third-order valence-corrected chi connectivity index (χ3v) is 2.85. The average molecular weight is 283 g/mol. The maximum Gasteiger partial charge on any atom is 0.120 e. The van der Waals surface area contributed by atoms with Crippen LogP contribution < -0.4 is 10.1 Å². The molecule has 0 spiro atoms. The predicted octanol–water partition coefficient (Wildman–Crippen LogP) is 3.03. The van der Waals surface area contributed by atoms with Gasteiger partial charge in [-0.3, -0.25) is 9.97 Å². The molecule has 0 saturated carbocycles. The molecule has 0 unspecified atom stereocenters. The highest BCUT2D eigenvalue weighted by atomic mass is 16.5.